The van der Waals surface area contributed by atoms with Gasteiger partial charge in [0.05, 0.1) is 0 Å². The molecule has 104 valence electrons. The van der Waals surface area contributed by atoms with Gasteiger partial charge in [-0.25, -0.2) is 10.0 Å². The summed E-state index contributed by atoms with van der Waals surface area (Å²) in [5, 5.41) is 1.70. The summed E-state index contributed by atoms with van der Waals surface area (Å²) in [5.74, 6) is 4.13. The van der Waals surface area contributed by atoms with E-state index in [0.29, 0.717) is 0 Å². The summed E-state index contributed by atoms with van der Waals surface area (Å²) in [6, 6.07) is 8.33. The maximum atomic E-state index is 5.92. The Hall–Kier alpha value is -0.140. The first-order valence-corrected chi connectivity index (χ1v) is 9.65. The lowest BCUT2D eigenvalue weighted by Crippen LogP contribution is -2.22. The molecule has 0 N–H and O–H groups in total. The number of rotatable bonds is 7. The molecule has 1 aromatic carbocycles. The summed E-state index contributed by atoms with van der Waals surface area (Å²) in [6.07, 6.45) is 2.50. The van der Waals surface area contributed by atoms with Crippen molar-refractivity contribution in [3.05, 3.63) is 34.9 Å². The van der Waals surface area contributed by atoms with E-state index >= 15 is 0 Å². The van der Waals surface area contributed by atoms with Crippen molar-refractivity contribution >= 4 is 21.6 Å². The molecule has 0 saturated heterocycles. The van der Waals surface area contributed by atoms with Crippen molar-refractivity contribution in [3.8, 4) is 0 Å². The second-order valence-corrected chi connectivity index (χ2v) is 10.2. The van der Waals surface area contributed by atoms with E-state index in [0.717, 1.165) is 10.3 Å². The molecule has 0 radical (unpaired) electrons. The minimum atomic E-state index is -0.393. The first-order valence-electron chi connectivity index (χ1n) is 7.07. The van der Waals surface area contributed by atoms with Gasteiger partial charge in [0.1, 0.15) is 0 Å². The van der Waals surface area contributed by atoms with Crippen LogP contribution in [0, 0.1) is 0 Å². The fourth-order valence-corrected chi connectivity index (χ4v) is 6.41. The summed E-state index contributed by atoms with van der Waals surface area (Å²) in [7, 11) is -0.393. The van der Waals surface area contributed by atoms with Crippen LogP contribution in [0.4, 0.5) is 0 Å². The molecule has 0 aliphatic rings. The third kappa shape index (κ3) is 3.93. The van der Waals surface area contributed by atoms with Crippen LogP contribution in [-0.2, 0) is 6.42 Å². The molecule has 1 rings (SSSR count). The van der Waals surface area contributed by atoms with Gasteiger partial charge in [-0.2, -0.15) is 0 Å². The summed E-state index contributed by atoms with van der Waals surface area (Å²) in [6.45, 7) is 9.59. The Kier molecular flexibility index (Phi) is 6.59. The smallest absolute Gasteiger partial charge is 0.0406 e. The molecule has 0 aromatic heterocycles. The highest BCUT2D eigenvalue weighted by atomic mass is 35.5. The van der Waals surface area contributed by atoms with Gasteiger partial charge < -0.3 is 0 Å². The number of hydrogen-bond donors (Lipinski definition) is 0. The Bertz CT molecular complexity index is 332. The minimum Gasteiger partial charge on any atom is -0.239 e. The first-order chi connectivity index (χ1) is 8.57. The third-order valence-corrected chi connectivity index (χ3v) is 9.98. The lowest BCUT2D eigenvalue weighted by Gasteiger charge is -2.43. The molecule has 18 heavy (non-hydrogen) atoms. The first kappa shape index (κ1) is 15.9. The predicted octanol–water partition coefficient (Wildman–Crippen LogP) is 5.53. The molecule has 0 heterocycles. The summed E-state index contributed by atoms with van der Waals surface area (Å²) >= 11 is 5.92. The summed E-state index contributed by atoms with van der Waals surface area (Å²) in [4.78, 5) is 0. The molecule has 0 aliphatic heterocycles. The van der Waals surface area contributed by atoms with Crippen LogP contribution in [0.1, 0.15) is 39.7 Å². The fraction of sp³-hybridized carbons (Fsp3) is 0.625. The van der Waals surface area contributed by atoms with E-state index in [1.807, 2.05) is 12.1 Å². The number of benzene rings is 1. The Morgan fingerprint density at radius 3 is 1.94 bits per heavy atom. The van der Waals surface area contributed by atoms with Crippen molar-refractivity contribution in [1.82, 2.24) is 0 Å². The second-order valence-electron chi connectivity index (χ2n) is 4.95. The average molecular weight is 287 g/mol. The Balaban J connectivity index is 2.59. The maximum absolute atomic E-state index is 5.92. The Morgan fingerprint density at radius 2 is 1.50 bits per heavy atom. The van der Waals surface area contributed by atoms with Crippen LogP contribution in [0.15, 0.2) is 24.3 Å². The molecule has 1 atom stereocenters. The molecule has 2 heteroatoms. The summed E-state index contributed by atoms with van der Waals surface area (Å²) < 4.78 is 0. The normalized spacial score (nSPS) is 14.5. The molecule has 0 nitrogen and oxygen atoms in total. The van der Waals surface area contributed by atoms with Crippen molar-refractivity contribution in [2.45, 2.75) is 45.8 Å². The van der Waals surface area contributed by atoms with Crippen molar-refractivity contribution < 1.29 is 0 Å². The molecule has 0 bridgehead atoms. The van der Waals surface area contributed by atoms with Crippen LogP contribution in [0.2, 0.25) is 5.02 Å². The highest BCUT2D eigenvalue weighted by Crippen LogP contribution is 2.52. The van der Waals surface area contributed by atoms with E-state index in [1.54, 1.807) is 0 Å². The van der Waals surface area contributed by atoms with Crippen LogP contribution < -0.4 is 0 Å². The highest BCUT2D eigenvalue weighted by Gasteiger charge is 2.24. The molecule has 0 aliphatic carbocycles. The summed E-state index contributed by atoms with van der Waals surface area (Å²) in [5.41, 5.74) is 1.42. The van der Waals surface area contributed by atoms with E-state index in [4.69, 9.17) is 11.6 Å². The van der Waals surface area contributed by atoms with Crippen LogP contribution >= 0.6 is 21.6 Å². The van der Waals surface area contributed by atoms with Crippen molar-refractivity contribution in [2.75, 3.05) is 17.3 Å². The van der Waals surface area contributed by atoms with E-state index in [2.05, 4.69) is 39.8 Å². The Morgan fingerprint density at radius 1 is 1.00 bits per heavy atom. The van der Waals surface area contributed by atoms with Gasteiger partial charge in [-0.05, 0) is 53.0 Å². The van der Waals surface area contributed by atoms with Gasteiger partial charge in [0.15, 0.2) is 0 Å². The SMILES string of the molecule is CCS(CC)(CC)C(C)CCc1ccc(Cl)cc1. The van der Waals surface area contributed by atoms with Crippen molar-refractivity contribution in [3.63, 3.8) is 0 Å². The Labute approximate surface area is 119 Å². The van der Waals surface area contributed by atoms with Gasteiger partial charge in [0.2, 0.25) is 0 Å². The fourth-order valence-electron chi connectivity index (χ4n) is 2.74. The molecular formula is C16H27ClS. The lowest BCUT2D eigenvalue weighted by molar-refractivity contribution is 0.798. The molecule has 0 amide bonds. The predicted molar refractivity (Wildman–Crippen MR) is 88.4 cm³/mol. The second kappa shape index (κ2) is 7.45. The lowest BCUT2D eigenvalue weighted by atomic mass is 10.1. The molecule has 1 unspecified atom stereocenters. The van der Waals surface area contributed by atoms with Gasteiger partial charge in [-0.15, -0.1) is 0 Å². The van der Waals surface area contributed by atoms with Gasteiger partial charge in [-0.3, -0.25) is 0 Å². The zero-order valence-corrected chi connectivity index (χ0v) is 13.8. The van der Waals surface area contributed by atoms with Gasteiger partial charge in [0.25, 0.3) is 0 Å². The molecule has 0 fully saturated rings. The van der Waals surface area contributed by atoms with Crippen LogP contribution in [-0.4, -0.2) is 22.5 Å². The van der Waals surface area contributed by atoms with E-state index < -0.39 is 10.0 Å². The van der Waals surface area contributed by atoms with Crippen molar-refractivity contribution in [1.29, 1.82) is 0 Å². The topological polar surface area (TPSA) is 0 Å². The zero-order valence-electron chi connectivity index (χ0n) is 12.2. The monoisotopic (exact) mass is 286 g/mol. The van der Waals surface area contributed by atoms with Crippen molar-refractivity contribution in [2.24, 2.45) is 0 Å². The van der Waals surface area contributed by atoms with E-state index in [-0.39, 0.29) is 0 Å². The van der Waals surface area contributed by atoms with Crippen LogP contribution in [0.25, 0.3) is 0 Å². The quantitative estimate of drug-likeness (QED) is 0.618. The number of halogens is 1. The molecule has 0 spiro atoms. The zero-order chi connectivity index (χ0) is 13.6. The van der Waals surface area contributed by atoms with E-state index in [1.165, 1.54) is 35.7 Å². The van der Waals surface area contributed by atoms with Crippen LogP contribution in [0.3, 0.4) is 0 Å². The van der Waals surface area contributed by atoms with Gasteiger partial charge >= 0.3 is 0 Å². The van der Waals surface area contributed by atoms with Crippen LogP contribution in [0.5, 0.6) is 0 Å². The van der Waals surface area contributed by atoms with E-state index in [9.17, 15) is 0 Å². The standard InChI is InChI=1S/C16H27ClS/c1-5-18(6-2,7-3)14(4)8-9-15-10-12-16(17)13-11-15/h10-14H,5-9H2,1-4H3. The minimum absolute atomic E-state index is 0.393. The molecule has 1 aromatic rings. The molecular weight excluding hydrogens is 260 g/mol. The highest BCUT2D eigenvalue weighted by molar-refractivity contribution is 8.34. The van der Waals surface area contributed by atoms with Gasteiger partial charge in [0, 0.05) is 5.02 Å². The molecule has 0 saturated carbocycles. The van der Waals surface area contributed by atoms with Gasteiger partial charge in [-0.1, -0.05) is 51.4 Å². The average Bonchev–Trinajstić information content (AvgIpc) is 2.41. The maximum Gasteiger partial charge on any atom is 0.0406 e. The third-order valence-electron chi connectivity index (χ3n) is 4.33. The number of aryl methyl sites for hydroxylation is 1. The number of hydrogen-bond acceptors (Lipinski definition) is 0. The largest absolute Gasteiger partial charge is 0.239 e.